The second-order valence-electron chi connectivity index (χ2n) is 5.33. The maximum atomic E-state index is 6.25. The van der Waals surface area contributed by atoms with Crippen molar-refractivity contribution >= 4 is 23.2 Å². The van der Waals surface area contributed by atoms with Crippen LogP contribution in [0.4, 0.5) is 0 Å². The van der Waals surface area contributed by atoms with Gasteiger partial charge in [0.2, 0.25) is 5.88 Å². The van der Waals surface area contributed by atoms with Crippen molar-refractivity contribution in [3.8, 4) is 11.6 Å². The molecule has 0 fully saturated rings. The predicted molar refractivity (Wildman–Crippen MR) is 78.8 cm³/mol. The fourth-order valence-corrected chi connectivity index (χ4v) is 2.32. The summed E-state index contributed by atoms with van der Waals surface area (Å²) in [6.07, 6.45) is 0. The monoisotopic (exact) mass is 298 g/mol. The van der Waals surface area contributed by atoms with E-state index in [-0.39, 0.29) is 5.41 Å². The Bertz CT molecular complexity index is 600. The van der Waals surface area contributed by atoms with E-state index in [9.17, 15) is 0 Å². The van der Waals surface area contributed by atoms with Gasteiger partial charge < -0.3 is 4.74 Å². The molecule has 1 aromatic carbocycles. The lowest BCUT2D eigenvalue weighted by Crippen LogP contribution is -2.17. The van der Waals surface area contributed by atoms with Crippen molar-refractivity contribution in [3.63, 3.8) is 0 Å². The maximum Gasteiger partial charge on any atom is 0.233 e. The smallest absolute Gasteiger partial charge is 0.233 e. The van der Waals surface area contributed by atoms with Crippen LogP contribution in [0, 0.1) is 0 Å². The van der Waals surface area contributed by atoms with Gasteiger partial charge in [-0.2, -0.15) is 0 Å². The minimum absolute atomic E-state index is 0.0766. The summed E-state index contributed by atoms with van der Waals surface area (Å²) in [6.45, 7) is 6.34. The molecule has 0 atom stereocenters. The Morgan fingerprint density at radius 1 is 1.16 bits per heavy atom. The summed E-state index contributed by atoms with van der Waals surface area (Å²) in [5.41, 5.74) is 1.74. The Balaban J connectivity index is 2.64. The summed E-state index contributed by atoms with van der Waals surface area (Å²) in [5, 5.41) is 5.58. The zero-order valence-electron chi connectivity index (χ0n) is 11.4. The molecule has 0 N–H and O–H groups in total. The van der Waals surface area contributed by atoms with Crippen molar-refractivity contribution in [1.29, 1.82) is 0 Å². The lowest BCUT2D eigenvalue weighted by molar-refractivity contribution is 0.394. The normalized spacial score (nSPS) is 11.7. The molecule has 2 aromatic rings. The fourth-order valence-electron chi connectivity index (χ4n) is 1.83. The third kappa shape index (κ3) is 2.88. The highest BCUT2D eigenvalue weighted by Gasteiger charge is 2.23. The number of methoxy groups -OCH3 is 1. The first-order valence-electron chi connectivity index (χ1n) is 5.93. The van der Waals surface area contributed by atoms with Crippen molar-refractivity contribution in [1.82, 2.24) is 9.78 Å². The molecule has 3 nitrogen and oxygen atoms in total. The lowest BCUT2D eigenvalue weighted by Gasteiger charge is -2.20. The molecule has 102 valence electrons. The van der Waals surface area contributed by atoms with E-state index in [4.69, 9.17) is 27.9 Å². The first-order chi connectivity index (χ1) is 8.82. The van der Waals surface area contributed by atoms with E-state index >= 15 is 0 Å². The molecule has 0 aliphatic carbocycles. The van der Waals surface area contributed by atoms with Gasteiger partial charge >= 0.3 is 0 Å². The second kappa shape index (κ2) is 5.06. The standard InChI is InChI=1S/C14H16Cl2N2O/c1-14(2,3)12-8-13(19-4)17-18(12)11-6-5-9(15)7-10(11)16/h5-8H,1-4H3. The van der Waals surface area contributed by atoms with Crippen LogP contribution in [0.2, 0.25) is 10.0 Å². The summed E-state index contributed by atoms with van der Waals surface area (Å²) in [6, 6.07) is 7.28. The fraction of sp³-hybridized carbons (Fsp3) is 0.357. The minimum atomic E-state index is -0.0766. The highest BCUT2D eigenvalue weighted by atomic mass is 35.5. The molecule has 0 saturated carbocycles. The van der Waals surface area contributed by atoms with Gasteiger partial charge in [-0.05, 0) is 18.2 Å². The summed E-state index contributed by atoms with van der Waals surface area (Å²) in [5.74, 6) is 0.566. The molecule has 0 radical (unpaired) electrons. The Hall–Kier alpha value is -1.19. The van der Waals surface area contributed by atoms with Gasteiger partial charge in [-0.25, -0.2) is 4.68 Å². The van der Waals surface area contributed by atoms with Gasteiger partial charge in [-0.1, -0.05) is 44.0 Å². The average Bonchev–Trinajstić information content (AvgIpc) is 2.72. The van der Waals surface area contributed by atoms with Gasteiger partial charge in [0.25, 0.3) is 0 Å². The van der Waals surface area contributed by atoms with Crippen molar-refractivity contribution in [2.24, 2.45) is 0 Å². The molecular formula is C14H16Cl2N2O. The van der Waals surface area contributed by atoms with Crippen LogP contribution in [-0.4, -0.2) is 16.9 Å². The molecule has 0 aliphatic heterocycles. The van der Waals surface area contributed by atoms with Crippen molar-refractivity contribution in [3.05, 3.63) is 40.0 Å². The number of nitrogens with zero attached hydrogens (tertiary/aromatic N) is 2. The molecule has 0 bridgehead atoms. The van der Waals surface area contributed by atoms with Crippen LogP contribution in [0.25, 0.3) is 5.69 Å². The van der Waals surface area contributed by atoms with Gasteiger partial charge in [-0.3, -0.25) is 0 Å². The summed E-state index contributed by atoms with van der Waals surface area (Å²) in [7, 11) is 1.60. The summed E-state index contributed by atoms with van der Waals surface area (Å²) < 4.78 is 7.02. The van der Waals surface area contributed by atoms with E-state index < -0.39 is 0 Å². The molecule has 2 rings (SSSR count). The van der Waals surface area contributed by atoms with Crippen molar-refractivity contribution in [2.75, 3.05) is 7.11 Å². The van der Waals surface area contributed by atoms with E-state index in [1.165, 1.54) is 0 Å². The Morgan fingerprint density at radius 3 is 2.37 bits per heavy atom. The van der Waals surface area contributed by atoms with Crippen molar-refractivity contribution < 1.29 is 4.74 Å². The quantitative estimate of drug-likeness (QED) is 0.817. The number of hydrogen-bond acceptors (Lipinski definition) is 2. The highest BCUT2D eigenvalue weighted by molar-refractivity contribution is 6.35. The molecule has 0 aliphatic rings. The zero-order valence-corrected chi connectivity index (χ0v) is 12.9. The van der Waals surface area contributed by atoms with Gasteiger partial charge in [0.1, 0.15) is 0 Å². The first-order valence-corrected chi connectivity index (χ1v) is 6.68. The number of ether oxygens (including phenoxy) is 1. The number of rotatable bonds is 2. The van der Waals surface area contributed by atoms with Crippen LogP contribution < -0.4 is 4.74 Å². The van der Waals surface area contributed by atoms with E-state index in [2.05, 4.69) is 25.9 Å². The largest absolute Gasteiger partial charge is 0.480 e. The zero-order chi connectivity index (χ0) is 14.2. The second-order valence-corrected chi connectivity index (χ2v) is 6.17. The molecule has 19 heavy (non-hydrogen) atoms. The number of benzene rings is 1. The van der Waals surface area contributed by atoms with Crippen LogP contribution in [0.1, 0.15) is 26.5 Å². The third-order valence-corrected chi connectivity index (χ3v) is 3.34. The summed E-state index contributed by atoms with van der Waals surface area (Å²) in [4.78, 5) is 0. The number of hydrogen-bond donors (Lipinski definition) is 0. The summed E-state index contributed by atoms with van der Waals surface area (Å²) >= 11 is 12.2. The lowest BCUT2D eigenvalue weighted by atomic mass is 9.92. The number of aromatic nitrogens is 2. The maximum absolute atomic E-state index is 6.25. The van der Waals surface area contributed by atoms with Crippen LogP contribution in [0.15, 0.2) is 24.3 Å². The Labute approximate surface area is 123 Å². The van der Waals surface area contributed by atoms with Gasteiger partial charge in [0, 0.05) is 16.5 Å². The van der Waals surface area contributed by atoms with Crippen molar-refractivity contribution in [2.45, 2.75) is 26.2 Å². The van der Waals surface area contributed by atoms with Crippen LogP contribution in [-0.2, 0) is 5.41 Å². The van der Waals surface area contributed by atoms with E-state index in [0.717, 1.165) is 11.4 Å². The molecule has 1 aromatic heterocycles. The molecule has 0 unspecified atom stereocenters. The molecule has 5 heteroatoms. The number of halogens is 2. The average molecular weight is 299 g/mol. The van der Waals surface area contributed by atoms with E-state index in [1.54, 1.807) is 23.9 Å². The molecule has 0 saturated heterocycles. The van der Waals surface area contributed by atoms with Crippen LogP contribution >= 0.6 is 23.2 Å². The molecule has 0 spiro atoms. The van der Waals surface area contributed by atoms with E-state index in [1.807, 2.05) is 12.1 Å². The van der Waals surface area contributed by atoms with Gasteiger partial charge in [0.15, 0.2) is 0 Å². The Morgan fingerprint density at radius 2 is 1.84 bits per heavy atom. The Kier molecular flexibility index (Phi) is 3.79. The SMILES string of the molecule is COc1cc(C(C)(C)C)n(-c2ccc(Cl)cc2Cl)n1. The minimum Gasteiger partial charge on any atom is -0.480 e. The molecule has 0 amide bonds. The highest BCUT2D eigenvalue weighted by Crippen LogP contribution is 2.31. The van der Waals surface area contributed by atoms with Crippen LogP contribution in [0.3, 0.4) is 0 Å². The van der Waals surface area contributed by atoms with Gasteiger partial charge in [-0.15, -0.1) is 5.10 Å². The third-order valence-electron chi connectivity index (χ3n) is 2.80. The van der Waals surface area contributed by atoms with Crippen LogP contribution in [0.5, 0.6) is 5.88 Å². The molecular weight excluding hydrogens is 283 g/mol. The topological polar surface area (TPSA) is 27.1 Å². The predicted octanol–water partition coefficient (Wildman–Crippen LogP) is 4.49. The van der Waals surface area contributed by atoms with Gasteiger partial charge in [0.05, 0.1) is 23.5 Å². The first kappa shape index (κ1) is 14.2. The van der Waals surface area contributed by atoms with E-state index in [0.29, 0.717) is 15.9 Å². The molecule has 1 heterocycles.